The maximum atomic E-state index is 12.1. The normalized spacial score (nSPS) is 14.7. The highest BCUT2D eigenvalue weighted by Crippen LogP contribution is 2.30. The van der Waals surface area contributed by atoms with Crippen LogP contribution in [0, 0.1) is 0 Å². The van der Waals surface area contributed by atoms with Gasteiger partial charge in [0.25, 0.3) is 0 Å². The van der Waals surface area contributed by atoms with Gasteiger partial charge in [-0.1, -0.05) is 30.7 Å². The zero-order valence-electron chi connectivity index (χ0n) is 14.7. The van der Waals surface area contributed by atoms with Crippen LogP contribution in [0.5, 0.6) is 11.5 Å². The number of methoxy groups -OCH3 is 1. The van der Waals surface area contributed by atoms with Gasteiger partial charge in [0.2, 0.25) is 5.90 Å². The minimum absolute atomic E-state index is 0.144. The molecule has 0 aliphatic carbocycles. The van der Waals surface area contributed by atoms with Gasteiger partial charge in [-0.05, 0) is 42.0 Å². The Morgan fingerprint density at radius 3 is 2.74 bits per heavy atom. The van der Waals surface area contributed by atoms with Crippen molar-refractivity contribution in [2.45, 2.75) is 13.3 Å². The Hall–Kier alpha value is -3.12. The molecule has 6 nitrogen and oxygen atoms in total. The number of hydrogen-bond acceptors (Lipinski definition) is 6. The number of halogens is 1. The van der Waals surface area contributed by atoms with Crippen molar-refractivity contribution in [1.82, 2.24) is 0 Å². The molecule has 0 aromatic heterocycles. The summed E-state index contributed by atoms with van der Waals surface area (Å²) in [4.78, 5) is 27.8. The largest absolute Gasteiger partial charge is 0.493 e. The molecule has 0 saturated carbocycles. The van der Waals surface area contributed by atoms with Crippen LogP contribution in [0.25, 0.3) is 6.08 Å². The summed E-state index contributed by atoms with van der Waals surface area (Å²) in [6.45, 7) is 1.70. The molecule has 1 heterocycles. The Balaban J connectivity index is 1.89. The molecule has 0 unspecified atom stereocenters. The van der Waals surface area contributed by atoms with Gasteiger partial charge >= 0.3 is 11.9 Å². The van der Waals surface area contributed by atoms with Gasteiger partial charge in [0.15, 0.2) is 17.2 Å². The molecule has 2 aromatic rings. The average molecular weight is 386 g/mol. The van der Waals surface area contributed by atoms with E-state index in [-0.39, 0.29) is 24.0 Å². The van der Waals surface area contributed by atoms with Gasteiger partial charge in [0.05, 0.1) is 7.11 Å². The fraction of sp³-hybridized carbons (Fsp3) is 0.150. The monoisotopic (exact) mass is 385 g/mol. The van der Waals surface area contributed by atoms with Crippen LogP contribution < -0.4 is 9.47 Å². The van der Waals surface area contributed by atoms with Crippen molar-refractivity contribution >= 4 is 35.5 Å². The van der Waals surface area contributed by atoms with Crippen LogP contribution in [0.3, 0.4) is 0 Å². The predicted octanol–water partition coefficient (Wildman–Crippen LogP) is 4.01. The number of nitrogens with zero attached hydrogens (tertiary/aromatic N) is 1. The lowest BCUT2D eigenvalue weighted by Crippen LogP contribution is -2.06. The van der Waals surface area contributed by atoms with Crippen LogP contribution in [-0.2, 0) is 14.3 Å². The van der Waals surface area contributed by atoms with E-state index < -0.39 is 5.97 Å². The summed E-state index contributed by atoms with van der Waals surface area (Å²) in [6, 6.07) is 11.8. The first-order chi connectivity index (χ1) is 13.0. The molecular formula is C20H16ClNO5. The van der Waals surface area contributed by atoms with Crippen LogP contribution in [-0.4, -0.2) is 24.9 Å². The van der Waals surface area contributed by atoms with Crippen molar-refractivity contribution in [3.05, 3.63) is 64.3 Å². The smallest absolute Gasteiger partial charge is 0.363 e. The van der Waals surface area contributed by atoms with Gasteiger partial charge in [-0.25, -0.2) is 9.79 Å². The SMILES string of the molecule is CCC(=O)Oc1ccc(/C=C2/N=C(c3cccc(Cl)c3)OC2=O)cc1OC. The van der Waals surface area contributed by atoms with E-state index in [1.165, 1.54) is 7.11 Å². The summed E-state index contributed by atoms with van der Waals surface area (Å²) in [5.74, 6) is -0.0608. The van der Waals surface area contributed by atoms with Crippen LogP contribution in [0.2, 0.25) is 5.02 Å². The molecule has 0 N–H and O–H groups in total. The van der Waals surface area contributed by atoms with Gasteiger partial charge in [0, 0.05) is 17.0 Å². The van der Waals surface area contributed by atoms with Crippen LogP contribution in [0.15, 0.2) is 53.2 Å². The minimum Gasteiger partial charge on any atom is -0.493 e. The highest BCUT2D eigenvalue weighted by Gasteiger charge is 2.24. The molecule has 0 bridgehead atoms. The number of carbonyl (C=O) groups excluding carboxylic acids is 2. The molecular weight excluding hydrogens is 370 g/mol. The van der Waals surface area contributed by atoms with E-state index >= 15 is 0 Å². The molecule has 0 atom stereocenters. The Bertz CT molecular complexity index is 965. The molecule has 0 fully saturated rings. The molecule has 27 heavy (non-hydrogen) atoms. The second-order valence-corrected chi connectivity index (χ2v) is 6.02. The fourth-order valence-electron chi connectivity index (χ4n) is 2.37. The summed E-state index contributed by atoms with van der Waals surface area (Å²) in [5.41, 5.74) is 1.40. The molecule has 138 valence electrons. The minimum atomic E-state index is -0.564. The third-order valence-corrected chi connectivity index (χ3v) is 3.93. The van der Waals surface area contributed by atoms with Crippen molar-refractivity contribution in [3.63, 3.8) is 0 Å². The van der Waals surface area contributed by atoms with Crippen molar-refractivity contribution in [2.75, 3.05) is 7.11 Å². The van der Waals surface area contributed by atoms with E-state index in [1.807, 2.05) is 0 Å². The number of aliphatic imine (C=N–C) groups is 1. The van der Waals surface area contributed by atoms with Gasteiger partial charge in [-0.15, -0.1) is 0 Å². The number of hydrogen-bond donors (Lipinski definition) is 0. The predicted molar refractivity (Wildman–Crippen MR) is 101 cm³/mol. The Morgan fingerprint density at radius 2 is 2.04 bits per heavy atom. The second kappa shape index (κ2) is 8.05. The summed E-state index contributed by atoms with van der Waals surface area (Å²) in [7, 11) is 1.47. The van der Waals surface area contributed by atoms with Gasteiger partial charge in [-0.3, -0.25) is 4.79 Å². The number of cyclic esters (lactones) is 1. The van der Waals surface area contributed by atoms with Crippen LogP contribution in [0.1, 0.15) is 24.5 Å². The number of esters is 2. The van der Waals surface area contributed by atoms with Crippen LogP contribution >= 0.6 is 11.6 Å². The first-order valence-electron chi connectivity index (χ1n) is 8.17. The summed E-state index contributed by atoms with van der Waals surface area (Å²) >= 11 is 5.96. The quantitative estimate of drug-likeness (QED) is 0.441. The average Bonchev–Trinajstić information content (AvgIpc) is 3.03. The highest BCUT2D eigenvalue weighted by molar-refractivity contribution is 6.31. The van der Waals surface area contributed by atoms with Gasteiger partial charge < -0.3 is 14.2 Å². The van der Waals surface area contributed by atoms with Gasteiger partial charge in [0.1, 0.15) is 0 Å². The maximum absolute atomic E-state index is 12.1. The van der Waals surface area contributed by atoms with Crippen LogP contribution in [0.4, 0.5) is 0 Å². The molecule has 0 spiro atoms. The fourth-order valence-corrected chi connectivity index (χ4v) is 2.56. The highest BCUT2D eigenvalue weighted by atomic mass is 35.5. The van der Waals surface area contributed by atoms with Crippen molar-refractivity contribution < 1.29 is 23.8 Å². The topological polar surface area (TPSA) is 74.2 Å². The molecule has 0 amide bonds. The second-order valence-electron chi connectivity index (χ2n) is 5.58. The van der Waals surface area contributed by atoms with E-state index in [2.05, 4.69) is 4.99 Å². The number of benzene rings is 2. The van der Waals surface area contributed by atoms with Crippen molar-refractivity contribution in [3.8, 4) is 11.5 Å². The maximum Gasteiger partial charge on any atom is 0.363 e. The van der Waals surface area contributed by atoms with E-state index in [4.69, 9.17) is 25.8 Å². The summed E-state index contributed by atoms with van der Waals surface area (Å²) in [6.07, 6.45) is 1.82. The van der Waals surface area contributed by atoms with Crippen molar-refractivity contribution in [2.24, 2.45) is 4.99 Å². The van der Waals surface area contributed by atoms with Crippen molar-refractivity contribution in [1.29, 1.82) is 0 Å². The molecule has 3 rings (SSSR count). The third-order valence-electron chi connectivity index (χ3n) is 3.70. The molecule has 1 aliphatic heterocycles. The third kappa shape index (κ3) is 4.35. The first kappa shape index (κ1) is 18.7. The standard InChI is InChI=1S/C20H16ClNO5/c1-3-18(23)26-16-8-7-12(10-17(16)25-2)9-15-20(24)27-19(22-15)13-5-4-6-14(21)11-13/h4-11H,3H2,1-2H3/b15-9+. The first-order valence-corrected chi connectivity index (χ1v) is 8.55. The van der Waals surface area contributed by atoms with E-state index in [9.17, 15) is 9.59 Å². The number of carbonyl (C=O) groups is 2. The molecule has 0 saturated heterocycles. The lowest BCUT2D eigenvalue weighted by Gasteiger charge is -2.09. The Morgan fingerprint density at radius 1 is 1.22 bits per heavy atom. The molecule has 0 radical (unpaired) electrons. The molecule has 7 heteroatoms. The lowest BCUT2D eigenvalue weighted by atomic mass is 10.1. The van der Waals surface area contributed by atoms with E-state index in [0.717, 1.165) is 0 Å². The zero-order chi connectivity index (χ0) is 19.4. The molecule has 1 aliphatic rings. The summed E-state index contributed by atoms with van der Waals surface area (Å²) < 4.78 is 15.7. The Labute approximate surface area is 161 Å². The zero-order valence-corrected chi connectivity index (χ0v) is 15.4. The van der Waals surface area contributed by atoms with E-state index in [1.54, 1.807) is 55.5 Å². The molecule has 2 aromatic carbocycles. The van der Waals surface area contributed by atoms with E-state index in [0.29, 0.717) is 27.6 Å². The Kier molecular flexibility index (Phi) is 5.57. The lowest BCUT2D eigenvalue weighted by molar-refractivity contribution is -0.134. The number of rotatable bonds is 5. The summed E-state index contributed by atoms with van der Waals surface area (Å²) in [5, 5.41) is 0.519. The number of ether oxygens (including phenoxy) is 3. The van der Waals surface area contributed by atoms with Gasteiger partial charge in [-0.2, -0.15) is 0 Å².